The summed E-state index contributed by atoms with van der Waals surface area (Å²) in [5, 5.41) is 0. The fourth-order valence-corrected chi connectivity index (χ4v) is 2.70. The van der Waals surface area contributed by atoms with Gasteiger partial charge in [0, 0.05) is 5.56 Å². The van der Waals surface area contributed by atoms with Crippen LogP contribution in [0.3, 0.4) is 0 Å². The third-order valence-corrected chi connectivity index (χ3v) is 4.00. The van der Waals surface area contributed by atoms with E-state index in [2.05, 4.69) is 64.1 Å². The Labute approximate surface area is 132 Å². The molecule has 0 saturated heterocycles. The van der Waals surface area contributed by atoms with Crippen molar-refractivity contribution in [2.45, 2.75) is 34.1 Å². The maximum Gasteiger partial charge on any atom is 0.0925 e. The van der Waals surface area contributed by atoms with Gasteiger partial charge in [-0.15, -0.1) is 0 Å². The summed E-state index contributed by atoms with van der Waals surface area (Å²) < 4.78 is 0. The highest BCUT2D eigenvalue weighted by atomic mass is 14.8. The maximum atomic E-state index is 4.94. The first-order chi connectivity index (χ1) is 10.5. The van der Waals surface area contributed by atoms with Crippen molar-refractivity contribution in [3.05, 3.63) is 59.3 Å². The third-order valence-electron chi connectivity index (χ3n) is 4.00. The Bertz CT molecular complexity index is 805. The zero-order valence-corrected chi connectivity index (χ0v) is 13.7. The van der Waals surface area contributed by atoms with Gasteiger partial charge < -0.3 is 0 Å². The molecule has 2 heteroatoms. The minimum absolute atomic E-state index is 0.556. The van der Waals surface area contributed by atoms with E-state index in [0.29, 0.717) is 5.92 Å². The number of hydrogen-bond acceptors (Lipinski definition) is 2. The molecule has 0 fully saturated rings. The molecule has 0 spiro atoms. The molecule has 1 aromatic heterocycles. The van der Waals surface area contributed by atoms with Crippen LogP contribution in [0, 0.1) is 19.8 Å². The first-order valence-corrected chi connectivity index (χ1v) is 7.88. The highest BCUT2D eigenvalue weighted by molar-refractivity contribution is 5.80. The van der Waals surface area contributed by atoms with Gasteiger partial charge in [-0.3, -0.25) is 0 Å². The van der Waals surface area contributed by atoms with Crippen molar-refractivity contribution in [3.8, 4) is 11.3 Å². The molecule has 0 saturated carbocycles. The molecule has 0 aliphatic carbocycles. The van der Waals surface area contributed by atoms with E-state index in [9.17, 15) is 0 Å². The van der Waals surface area contributed by atoms with Gasteiger partial charge in [-0.2, -0.15) is 0 Å². The zero-order valence-electron chi connectivity index (χ0n) is 13.7. The number of rotatable bonds is 3. The molecule has 2 aromatic carbocycles. The van der Waals surface area contributed by atoms with E-state index in [1.165, 1.54) is 11.1 Å². The van der Waals surface area contributed by atoms with Gasteiger partial charge in [0.25, 0.3) is 0 Å². The number of fused-ring (bicyclic) bond motifs is 1. The minimum atomic E-state index is 0.556. The topological polar surface area (TPSA) is 25.8 Å². The number of nitrogens with zero attached hydrogens (tertiary/aromatic N) is 2. The lowest BCUT2D eigenvalue weighted by Gasteiger charge is -2.13. The molecule has 0 N–H and O–H groups in total. The van der Waals surface area contributed by atoms with Gasteiger partial charge in [0.2, 0.25) is 0 Å². The number of hydrogen-bond donors (Lipinski definition) is 0. The van der Waals surface area contributed by atoms with Crippen LogP contribution in [0.5, 0.6) is 0 Å². The first-order valence-electron chi connectivity index (χ1n) is 7.88. The van der Waals surface area contributed by atoms with E-state index in [1.54, 1.807) is 0 Å². The first kappa shape index (κ1) is 14.7. The lowest BCUT2D eigenvalue weighted by Crippen LogP contribution is -2.03. The van der Waals surface area contributed by atoms with E-state index in [-0.39, 0.29) is 0 Å². The summed E-state index contributed by atoms with van der Waals surface area (Å²) in [6.45, 7) is 8.70. The standard InChI is InChI=1S/C20H22N2/c1-13(2)10-19-20(16-8-6-5-7-9-16)22-18-12-15(4)14(3)11-17(18)21-19/h5-9,11-13H,10H2,1-4H3. The molecule has 1 heterocycles. The predicted octanol–water partition coefficient (Wildman–Crippen LogP) is 5.11. The second kappa shape index (κ2) is 5.88. The molecule has 0 amide bonds. The van der Waals surface area contributed by atoms with Gasteiger partial charge in [-0.1, -0.05) is 44.2 Å². The summed E-state index contributed by atoms with van der Waals surface area (Å²) in [6, 6.07) is 14.7. The Kier molecular flexibility index (Phi) is 3.93. The summed E-state index contributed by atoms with van der Waals surface area (Å²) in [6.07, 6.45) is 0.945. The summed E-state index contributed by atoms with van der Waals surface area (Å²) in [5.74, 6) is 0.556. The largest absolute Gasteiger partial charge is 0.249 e. The SMILES string of the molecule is Cc1cc2nc(CC(C)C)c(-c3ccccc3)nc2cc1C. The van der Waals surface area contributed by atoms with Crippen molar-refractivity contribution in [1.82, 2.24) is 9.97 Å². The average molecular weight is 290 g/mol. The highest BCUT2D eigenvalue weighted by Gasteiger charge is 2.13. The van der Waals surface area contributed by atoms with Gasteiger partial charge in [-0.05, 0) is 49.4 Å². The molecular formula is C20H22N2. The van der Waals surface area contributed by atoms with Crippen LogP contribution < -0.4 is 0 Å². The molecule has 22 heavy (non-hydrogen) atoms. The van der Waals surface area contributed by atoms with Crippen LogP contribution in [0.2, 0.25) is 0 Å². The fraction of sp³-hybridized carbons (Fsp3) is 0.300. The molecule has 0 aliphatic heterocycles. The van der Waals surface area contributed by atoms with E-state index in [4.69, 9.17) is 9.97 Å². The summed E-state index contributed by atoms with van der Waals surface area (Å²) in [4.78, 5) is 9.87. The average Bonchev–Trinajstić information content (AvgIpc) is 2.49. The second-order valence-electron chi connectivity index (χ2n) is 6.41. The van der Waals surface area contributed by atoms with Crippen LogP contribution in [0.4, 0.5) is 0 Å². The molecule has 0 atom stereocenters. The monoisotopic (exact) mass is 290 g/mol. The number of benzene rings is 2. The quantitative estimate of drug-likeness (QED) is 0.669. The Morgan fingerprint density at radius 3 is 2.05 bits per heavy atom. The van der Waals surface area contributed by atoms with Crippen LogP contribution in [0.15, 0.2) is 42.5 Å². The minimum Gasteiger partial charge on any atom is -0.249 e. The Morgan fingerprint density at radius 1 is 0.864 bits per heavy atom. The van der Waals surface area contributed by atoms with Crippen LogP contribution in [0.1, 0.15) is 30.7 Å². The molecule has 0 unspecified atom stereocenters. The lowest BCUT2D eigenvalue weighted by molar-refractivity contribution is 0.636. The van der Waals surface area contributed by atoms with Crippen molar-refractivity contribution in [2.75, 3.05) is 0 Å². The van der Waals surface area contributed by atoms with Crippen LogP contribution in [-0.2, 0) is 6.42 Å². The van der Waals surface area contributed by atoms with Crippen LogP contribution in [-0.4, -0.2) is 9.97 Å². The maximum absolute atomic E-state index is 4.94. The Balaban J connectivity index is 2.25. The Morgan fingerprint density at radius 2 is 1.45 bits per heavy atom. The summed E-state index contributed by atoms with van der Waals surface area (Å²) in [7, 11) is 0. The zero-order chi connectivity index (χ0) is 15.7. The van der Waals surface area contributed by atoms with Crippen molar-refractivity contribution >= 4 is 11.0 Å². The number of aryl methyl sites for hydroxylation is 2. The summed E-state index contributed by atoms with van der Waals surface area (Å²) >= 11 is 0. The van der Waals surface area contributed by atoms with Gasteiger partial charge in [0.15, 0.2) is 0 Å². The third kappa shape index (κ3) is 2.87. The molecule has 2 nitrogen and oxygen atoms in total. The summed E-state index contributed by atoms with van der Waals surface area (Å²) in [5.41, 5.74) is 7.77. The number of aromatic nitrogens is 2. The molecule has 0 radical (unpaired) electrons. The van der Waals surface area contributed by atoms with Crippen LogP contribution >= 0.6 is 0 Å². The normalized spacial score (nSPS) is 11.3. The van der Waals surface area contributed by atoms with E-state index >= 15 is 0 Å². The van der Waals surface area contributed by atoms with E-state index < -0.39 is 0 Å². The van der Waals surface area contributed by atoms with Crippen molar-refractivity contribution in [2.24, 2.45) is 5.92 Å². The van der Waals surface area contributed by atoms with Crippen molar-refractivity contribution in [3.63, 3.8) is 0 Å². The van der Waals surface area contributed by atoms with Crippen molar-refractivity contribution < 1.29 is 0 Å². The molecular weight excluding hydrogens is 268 g/mol. The van der Waals surface area contributed by atoms with Gasteiger partial charge >= 0.3 is 0 Å². The molecule has 3 aromatic rings. The van der Waals surface area contributed by atoms with Crippen LogP contribution in [0.25, 0.3) is 22.3 Å². The van der Waals surface area contributed by atoms with Gasteiger partial charge in [-0.25, -0.2) is 9.97 Å². The van der Waals surface area contributed by atoms with Crippen molar-refractivity contribution in [1.29, 1.82) is 0 Å². The second-order valence-corrected chi connectivity index (χ2v) is 6.41. The fourth-order valence-electron chi connectivity index (χ4n) is 2.70. The molecule has 112 valence electrons. The van der Waals surface area contributed by atoms with E-state index in [1.807, 2.05) is 6.07 Å². The Hall–Kier alpha value is -2.22. The lowest BCUT2D eigenvalue weighted by atomic mass is 10.0. The molecule has 0 bridgehead atoms. The predicted molar refractivity (Wildman–Crippen MR) is 93.0 cm³/mol. The highest BCUT2D eigenvalue weighted by Crippen LogP contribution is 2.26. The van der Waals surface area contributed by atoms with E-state index in [0.717, 1.165) is 34.4 Å². The van der Waals surface area contributed by atoms with Gasteiger partial charge in [0.05, 0.1) is 22.4 Å². The smallest absolute Gasteiger partial charge is 0.0925 e. The molecule has 3 rings (SSSR count). The molecule has 0 aliphatic rings. The van der Waals surface area contributed by atoms with Gasteiger partial charge in [0.1, 0.15) is 0 Å².